The first-order valence-electron chi connectivity index (χ1n) is 9.70. The van der Waals surface area contributed by atoms with Crippen molar-refractivity contribution in [3.63, 3.8) is 0 Å². The maximum absolute atomic E-state index is 13.1. The molecule has 0 aliphatic carbocycles. The van der Waals surface area contributed by atoms with Crippen LogP contribution in [0.15, 0.2) is 42.5 Å². The lowest BCUT2D eigenvalue weighted by molar-refractivity contribution is 0.0685. The molecule has 4 nitrogen and oxygen atoms in total. The molecule has 1 heterocycles. The number of carbonyl (C=O) groups is 2. The number of carbonyl (C=O) groups excluding carboxylic acids is 2. The molecule has 3 rings (SSSR count). The third-order valence-corrected chi connectivity index (χ3v) is 5.54. The van der Waals surface area contributed by atoms with Crippen molar-refractivity contribution in [3.05, 3.63) is 70.3 Å². The van der Waals surface area contributed by atoms with Gasteiger partial charge < -0.3 is 10.0 Å². The molecular weight excluding hydrogens is 350 g/mol. The number of aliphatic hydroxyl groups is 1. The number of rotatable bonds is 3. The number of Topliss-reactive ketones (excluding diaryl/α,β-unsaturated/α-hetero) is 1. The van der Waals surface area contributed by atoms with Crippen molar-refractivity contribution >= 4 is 11.7 Å². The summed E-state index contributed by atoms with van der Waals surface area (Å²) in [4.78, 5) is 26.8. The molecule has 0 radical (unpaired) electrons. The summed E-state index contributed by atoms with van der Waals surface area (Å²) < 4.78 is 0. The zero-order valence-electron chi connectivity index (χ0n) is 17.4. The average molecular weight is 380 g/mol. The normalized spacial score (nSPS) is 15.9. The van der Waals surface area contributed by atoms with Gasteiger partial charge in [0.25, 0.3) is 5.91 Å². The molecule has 1 aliphatic heterocycles. The fraction of sp³-hybridized carbons (Fsp3) is 0.417. The number of ketones is 1. The molecular formula is C24H29NO3. The quantitative estimate of drug-likeness (QED) is 0.817. The van der Waals surface area contributed by atoms with Crippen molar-refractivity contribution in [2.75, 3.05) is 13.2 Å². The SMILES string of the molecule is CC(C)(C)c1ccc(C(=O)N2Cc3ccc(C(=O)CO)cc3C(C)(C)C2)cc1. The molecule has 1 amide bonds. The summed E-state index contributed by atoms with van der Waals surface area (Å²) in [7, 11) is 0. The summed E-state index contributed by atoms with van der Waals surface area (Å²) >= 11 is 0. The largest absolute Gasteiger partial charge is 0.388 e. The van der Waals surface area contributed by atoms with Crippen molar-refractivity contribution in [1.29, 1.82) is 0 Å². The number of nitrogens with zero attached hydrogens (tertiary/aromatic N) is 1. The minimum atomic E-state index is -0.492. The Labute approximate surface area is 167 Å². The molecule has 2 aromatic rings. The molecule has 0 unspecified atom stereocenters. The van der Waals surface area contributed by atoms with E-state index in [9.17, 15) is 9.59 Å². The molecule has 4 heteroatoms. The van der Waals surface area contributed by atoms with Crippen LogP contribution in [-0.2, 0) is 17.4 Å². The molecule has 0 bridgehead atoms. The molecule has 0 fully saturated rings. The van der Waals surface area contributed by atoms with Crippen LogP contribution >= 0.6 is 0 Å². The van der Waals surface area contributed by atoms with Crippen LogP contribution in [0.4, 0.5) is 0 Å². The van der Waals surface area contributed by atoms with Gasteiger partial charge in [-0.05, 0) is 40.3 Å². The number of amides is 1. The fourth-order valence-electron chi connectivity index (χ4n) is 3.87. The average Bonchev–Trinajstić information content (AvgIpc) is 2.65. The highest BCUT2D eigenvalue weighted by atomic mass is 16.3. The summed E-state index contributed by atoms with van der Waals surface area (Å²) in [6.45, 7) is 11.2. The van der Waals surface area contributed by atoms with E-state index >= 15 is 0 Å². The molecule has 0 aromatic heterocycles. The van der Waals surface area contributed by atoms with Gasteiger partial charge in [-0.25, -0.2) is 0 Å². The molecule has 1 aliphatic rings. The number of hydrogen-bond donors (Lipinski definition) is 1. The van der Waals surface area contributed by atoms with E-state index < -0.39 is 6.61 Å². The Kier molecular flexibility index (Phi) is 5.20. The Hall–Kier alpha value is -2.46. The number of hydrogen-bond acceptors (Lipinski definition) is 3. The summed E-state index contributed by atoms with van der Waals surface area (Å²) in [5, 5.41) is 9.13. The third kappa shape index (κ3) is 3.88. The monoisotopic (exact) mass is 379 g/mol. The van der Waals surface area contributed by atoms with Crippen LogP contribution in [0.1, 0.15) is 72.0 Å². The highest BCUT2D eigenvalue weighted by Crippen LogP contribution is 2.35. The lowest BCUT2D eigenvalue weighted by Crippen LogP contribution is -2.45. The molecule has 0 saturated heterocycles. The predicted octanol–water partition coefficient (Wildman–Crippen LogP) is 4.09. The molecule has 0 atom stereocenters. The fourth-order valence-corrected chi connectivity index (χ4v) is 3.87. The van der Waals surface area contributed by atoms with Crippen molar-refractivity contribution < 1.29 is 14.7 Å². The van der Waals surface area contributed by atoms with Crippen LogP contribution in [0.25, 0.3) is 0 Å². The van der Waals surface area contributed by atoms with Crippen molar-refractivity contribution in [3.8, 4) is 0 Å². The maximum Gasteiger partial charge on any atom is 0.254 e. The summed E-state index contributed by atoms with van der Waals surface area (Å²) in [6.07, 6.45) is 0. The summed E-state index contributed by atoms with van der Waals surface area (Å²) in [5.41, 5.74) is 4.31. The standard InChI is InChI=1S/C24H29NO3/c1-23(2,3)19-10-8-16(9-11-19)22(28)25-13-18-7-6-17(21(27)14-26)12-20(18)24(4,5)15-25/h6-12,26H,13-15H2,1-5H3. The van der Waals surface area contributed by atoms with E-state index in [-0.39, 0.29) is 22.5 Å². The lowest BCUT2D eigenvalue weighted by Gasteiger charge is -2.40. The van der Waals surface area contributed by atoms with Crippen LogP contribution in [0, 0.1) is 0 Å². The van der Waals surface area contributed by atoms with E-state index in [0.717, 1.165) is 11.1 Å². The van der Waals surface area contributed by atoms with Crippen molar-refractivity contribution in [2.45, 2.75) is 52.0 Å². The van der Waals surface area contributed by atoms with Gasteiger partial charge in [-0.1, -0.05) is 58.9 Å². The maximum atomic E-state index is 13.1. The number of benzene rings is 2. The third-order valence-electron chi connectivity index (χ3n) is 5.54. The van der Waals surface area contributed by atoms with Crippen molar-refractivity contribution in [1.82, 2.24) is 4.90 Å². The van der Waals surface area contributed by atoms with E-state index in [1.165, 1.54) is 5.56 Å². The first-order valence-corrected chi connectivity index (χ1v) is 9.70. The molecule has 1 N–H and O–H groups in total. The van der Waals surface area contributed by atoms with E-state index in [1.807, 2.05) is 41.3 Å². The van der Waals surface area contributed by atoms with Gasteiger partial charge in [0.05, 0.1) is 0 Å². The van der Waals surface area contributed by atoms with E-state index in [0.29, 0.717) is 24.2 Å². The van der Waals surface area contributed by atoms with Gasteiger partial charge in [-0.2, -0.15) is 0 Å². The van der Waals surface area contributed by atoms with Crippen molar-refractivity contribution in [2.24, 2.45) is 0 Å². The second-order valence-corrected chi connectivity index (χ2v) is 9.33. The second-order valence-electron chi connectivity index (χ2n) is 9.33. The highest BCUT2D eigenvalue weighted by Gasteiger charge is 2.34. The number of aliphatic hydroxyl groups excluding tert-OH is 1. The van der Waals surface area contributed by atoms with Gasteiger partial charge in [0.1, 0.15) is 6.61 Å². The van der Waals surface area contributed by atoms with Gasteiger partial charge in [-0.15, -0.1) is 0 Å². The van der Waals surface area contributed by atoms with Crippen LogP contribution in [0.2, 0.25) is 0 Å². The van der Waals surface area contributed by atoms with Gasteiger partial charge in [0.2, 0.25) is 0 Å². The smallest absolute Gasteiger partial charge is 0.254 e. The zero-order chi connectivity index (χ0) is 20.7. The lowest BCUT2D eigenvalue weighted by atomic mass is 9.77. The Morgan fingerprint density at radius 1 is 1.04 bits per heavy atom. The Balaban J connectivity index is 1.88. The highest BCUT2D eigenvalue weighted by molar-refractivity contribution is 5.97. The first kappa shape index (κ1) is 20.3. The minimum absolute atomic E-state index is 0.0229. The Morgan fingerprint density at radius 3 is 2.21 bits per heavy atom. The van der Waals surface area contributed by atoms with E-state index in [1.54, 1.807) is 6.07 Å². The second kappa shape index (κ2) is 7.17. The van der Waals surface area contributed by atoms with Crippen LogP contribution in [0.3, 0.4) is 0 Å². The summed E-state index contributed by atoms with van der Waals surface area (Å²) in [6, 6.07) is 13.4. The van der Waals surface area contributed by atoms with Crippen LogP contribution in [-0.4, -0.2) is 34.8 Å². The summed E-state index contributed by atoms with van der Waals surface area (Å²) in [5.74, 6) is -0.259. The minimum Gasteiger partial charge on any atom is -0.388 e. The number of fused-ring (bicyclic) bond motifs is 1. The molecule has 148 valence electrons. The van der Waals surface area contributed by atoms with E-state index in [4.69, 9.17) is 5.11 Å². The van der Waals surface area contributed by atoms with Gasteiger partial charge >= 0.3 is 0 Å². The molecule has 2 aromatic carbocycles. The molecule has 0 spiro atoms. The topological polar surface area (TPSA) is 57.6 Å². The first-order chi connectivity index (χ1) is 13.0. The zero-order valence-corrected chi connectivity index (χ0v) is 17.4. The predicted molar refractivity (Wildman–Crippen MR) is 111 cm³/mol. The van der Waals surface area contributed by atoms with Gasteiger partial charge in [0, 0.05) is 29.6 Å². The van der Waals surface area contributed by atoms with E-state index in [2.05, 4.69) is 34.6 Å². The van der Waals surface area contributed by atoms with Gasteiger partial charge in [0.15, 0.2) is 5.78 Å². The van der Waals surface area contributed by atoms with Crippen LogP contribution in [0.5, 0.6) is 0 Å². The Morgan fingerprint density at radius 2 is 1.64 bits per heavy atom. The van der Waals surface area contributed by atoms with Gasteiger partial charge in [-0.3, -0.25) is 9.59 Å². The molecule has 28 heavy (non-hydrogen) atoms. The Bertz CT molecular complexity index is 904. The van der Waals surface area contributed by atoms with Crippen LogP contribution < -0.4 is 0 Å². The molecule has 0 saturated carbocycles.